The second-order valence-electron chi connectivity index (χ2n) is 8.16. The fourth-order valence-corrected chi connectivity index (χ4v) is 4.43. The van der Waals surface area contributed by atoms with E-state index in [9.17, 15) is 19.1 Å². The van der Waals surface area contributed by atoms with E-state index in [1.54, 1.807) is 6.07 Å². The molecule has 0 aliphatic carbocycles. The van der Waals surface area contributed by atoms with Crippen LogP contribution in [0.1, 0.15) is 33.9 Å². The molecular formula is C27H24FNO4. The Morgan fingerprint density at radius 3 is 2.27 bits per heavy atom. The molecule has 1 aliphatic heterocycles. The van der Waals surface area contributed by atoms with Gasteiger partial charge in [-0.2, -0.15) is 0 Å². The zero-order valence-electron chi connectivity index (χ0n) is 18.8. The van der Waals surface area contributed by atoms with Crippen molar-refractivity contribution in [2.24, 2.45) is 0 Å². The number of halogens is 1. The number of carbonyl (C=O) groups excluding carboxylic acids is 2. The Kier molecular flexibility index (Phi) is 5.77. The van der Waals surface area contributed by atoms with E-state index in [2.05, 4.69) is 0 Å². The second kappa shape index (κ2) is 8.54. The molecule has 1 saturated heterocycles. The van der Waals surface area contributed by atoms with Gasteiger partial charge in [0.05, 0.1) is 24.3 Å². The van der Waals surface area contributed by atoms with Crippen molar-refractivity contribution in [3.8, 4) is 5.75 Å². The molecule has 1 heterocycles. The number of aliphatic hydroxyl groups excluding tert-OH is 1. The minimum atomic E-state index is -0.887. The molecule has 1 amide bonds. The number of amides is 1. The van der Waals surface area contributed by atoms with Gasteiger partial charge in [0, 0.05) is 5.69 Å². The van der Waals surface area contributed by atoms with Gasteiger partial charge in [-0.15, -0.1) is 0 Å². The van der Waals surface area contributed by atoms with E-state index in [1.807, 2.05) is 51.1 Å². The number of ether oxygens (including phenoxy) is 1. The smallest absolute Gasteiger partial charge is 0.300 e. The summed E-state index contributed by atoms with van der Waals surface area (Å²) in [6, 6.07) is 15.5. The molecule has 0 radical (unpaired) electrons. The molecule has 6 heteroatoms. The van der Waals surface area contributed by atoms with Gasteiger partial charge >= 0.3 is 0 Å². The van der Waals surface area contributed by atoms with Crippen molar-refractivity contribution in [2.45, 2.75) is 26.8 Å². The number of ketones is 1. The third-order valence-electron chi connectivity index (χ3n) is 5.91. The molecule has 0 saturated carbocycles. The Balaban J connectivity index is 2.03. The van der Waals surface area contributed by atoms with E-state index < -0.39 is 23.5 Å². The van der Waals surface area contributed by atoms with Crippen molar-refractivity contribution in [3.05, 3.63) is 99.9 Å². The number of hydrogen-bond acceptors (Lipinski definition) is 4. The van der Waals surface area contributed by atoms with Gasteiger partial charge in [0.15, 0.2) is 0 Å². The van der Waals surface area contributed by atoms with Gasteiger partial charge in [-0.25, -0.2) is 4.39 Å². The average molecular weight is 445 g/mol. The van der Waals surface area contributed by atoms with Gasteiger partial charge in [-0.3, -0.25) is 14.5 Å². The number of carbonyl (C=O) groups is 2. The van der Waals surface area contributed by atoms with Crippen LogP contribution in [0, 0.1) is 26.6 Å². The molecule has 3 aromatic carbocycles. The lowest BCUT2D eigenvalue weighted by molar-refractivity contribution is -0.132. The van der Waals surface area contributed by atoms with E-state index in [4.69, 9.17) is 4.74 Å². The van der Waals surface area contributed by atoms with Crippen molar-refractivity contribution in [1.29, 1.82) is 0 Å². The number of benzene rings is 3. The van der Waals surface area contributed by atoms with Crippen LogP contribution in [-0.4, -0.2) is 23.9 Å². The normalized spacial score (nSPS) is 17.5. The van der Waals surface area contributed by atoms with Crippen LogP contribution in [0.5, 0.6) is 5.75 Å². The summed E-state index contributed by atoms with van der Waals surface area (Å²) in [4.78, 5) is 27.8. The monoisotopic (exact) mass is 445 g/mol. The van der Waals surface area contributed by atoms with E-state index in [0.29, 0.717) is 22.6 Å². The SMILES string of the molecule is COc1c(C)cc(C)cc1/C(O)=C1\C(=O)C(=O)N(c2ccc(F)cc2)C1c1ccccc1C. The Bertz CT molecular complexity index is 1290. The zero-order chi connectivity index (χ0) is 23.9. The molecule has 1 unspecified atom stereocenters. The molecule has 1 fully saturated rings. The molecule has 5 nitrogen and oxygen atoms in total. The summed E-state index contributed by atoms with van der Waals surface area (Å²) < 4.78 is 19.1. The molecule has 0 aromatic heterocycles. The topological polar surface area (TPSA) is 66.8 Å². The van der Waals surface area contributed by atoms with Crippen LogP contribution in [0.4, 0.5) is 10.1 Å². The molecular weight excluding hydrogens is 421 g/mol. The van der Waals surface area contributed by atoms with Crippen LogP contribution < -0.4 is 9.64 Å². The fraction of sp³-hybridized carbons (Fsp3) is 0.185. The van der Waals surface area contributed by atoms with Crippen molar-refractivity contribution in [3.63, 3.8) is 0 Å². The van der Waals surface area contributed by atoms with E-state index >= 15 is 0 Å². The highest BCUT2D eigenvalue weighted by molar-refractivity contribution is 6.51. The first-order valence-corrected chi connectivity index (χ1v) is 10.5. The number of nitrogens with zero attached hydrogens (tertiary/aromatic N) is 1. The first kappa shape index (κ1) is 22.3. The number of Topliss-reactive ketones (excluding diaryl/α,β-unsaturated/α-hetero) is 1. The minimum Gasteiger partial charge on any atom is -0.507 e. The Morgan fingerprint density at radius 2 is 1.64 bits per heavy atom. The number of rotatable bonds is 4. The van der Waals surface area contributed by atoms with Gasteiger partial charge in [-0.05, 0) is 73.4 Å². The van der Waals surface area contributed by atoms with Gasteiger partial charge in [0.2, 0.25) is 0 Å². The number of methoxy groups -OCH3 is 1. The predicted octanol–water partition coefficient (Wildman–Crippen LogP) is 5.39. The summed E-state index contributed by atoms with van der Waals surface area (Å²) in [7, 11) is 1.49. The molecule has 33 heavy (non-hydrogen) atoms. The number of aliphatic hydroxyl groups is 1. The second-order valence-corrected chi connectivity index (χ2v) is 8.16. The summed E-state index contributed by atoms with van der Waals surface area (Å²) in [5.41, 5.74) is 3.85. The summed E-state index contributed by atoms with van der Waals surface area (Å²) in [6.07, 6.45) is 0. The first-order chi connectivity index (χ1) is 15.7. The van der Waals surface area contributed by atoms with Gasteiger partial charge in [0.1, 0.15) is 17.3 Å². The maximum absolute atomic E-state index is 13.6. The minimum absolute atomic E-state index is 0.0399. The first-order valence-electron chi connectivity index (χ1n) is 10.5. The van der Waals surface area contributed by atoms with Crippen LogP contribution in [0.15, 0.2) is 66.2 Å². The van der Waals surface area contributed by atoms with Crippen molar-refractivity contribution < 1.29 is 23.8 Å². The summed E-state index contributed by atoms with van der Waals surface area (Å²) >= 11 is 0. The van der Waals surface area contributed by atoms with E-state index in [1.165, 1.54) is 36.3 Å². The molecule has 1 N–H and O–H groups in total. The third kappa shape index (κ3) is 3.78. The lowest BCUT2D eigenvalue weighted by Crippen LogP contribution is -2.29. The highest BCUT2D eigenvalue weighted by Gasteiger charge is 2.47. The van der Waals surface area contributed by atoms with Crippen molar-refractivity contribution in [2.75, 3.05) is 12.0 Å². The summed E-state index contributed by atoms with van der Waals surface area (Å²) in [5, 5.41) is 11.4. The highest BCUT2D eigenvalue weighted by Crippen LogP contribution is 2.44. The summed E-state index contributed by atoms with van der Waals surface area (Å²) in [5.74, 6) is -1.95. The molecule has 168 valence electrons. The molecule has 4 rings (SSSR count). The van der Waals surface area contributed by atoms with Crippen molar-refractivity contribution in [1.82, 2.24) is 0 Å². The molecule has 1 aliphatic rings. The molecule has 0 bridgehead atoms. The summed E-state index contributed by atoms with van der Waals surface area (Å²) in [6.45, 7) is 5.59. The number of aryl methyl sites for hydroxylation is 3. The van der Waals surface area contributed by atoms with Crippen LogP contribution in [0.25, 0.3) is 5.76 Å². The standard InChI is InChI=1S/C27H24FNO4/c1-15-13-17(3)26(33-4)21(14-15)24(30)22-23(20-8-6-5-7-16(20)2)29(27(32)25(22)31)19-11-9-18(28)10-12-19/h5-14,23,30H,1-4H3/b24-22+. The van der Waals surface area contributed by atoms with Gasteiger partial charge in [-0.1, -0.05) is 30.3 Å². The lowest BCUT2D eigenvalue weighted by Gasteiger charge is -2.27. The quantitative estimate of drug-likeness (QED) is 0.332. The molecule has 3 aromatic rings. The van der Waals surface area contributed by atoms with Crippen molar-refractivity contribution >= 4 is 23.1 Å². The van der Waals surface area contributed by atoms with E-state index in [0.717, 1.165) is 16.7 Å². The Hall–Kier alpha value is -3.93. The maximum Gasteiger partial charge on any atom is 0.300 e. The van der Waals surface area contributed by atoms with Crippen LogP contribution >= 0.6 is 0 Å². The average Bonchev–Trinajstić information content (AvgIpc) is 3.04. The predicted molar refractivity (Wildman–Crippen MR) is 125 cm³/mol. The Labute approximate surface area is 191 Å². The largest absolute Gasteiger partial charge is 0.507 e. The third-order valence-corrected chi connectivity index (χ3v) is 5.91. The number of anilines is 1. The maximum atomic E-state index is 13.6. The van der Waals surface area contributed by atoms with Crippen LogP contribution in [-0.2, 0) is 9.59 Å². The lowest BCUT2D eigenvalue weighted by atomic mass is 9.91. The van der Waals surface area contributed by atoms with Crippen LogP contribution in [0.3, 0.4) is 0 Å². The Morgan fingerprint density at radius 1 is 0.970 bits per heavy atom. The van der Waals surface area contributed by atoms with Gasteiger partial charge < -0.3 is 9.84 Å². The molecule has 1 atom stereocenters. The zero-order valence-corrected chi connectivity index (χ0v) is 18.8. The molecule has 0 spiro atoms. The highest BCUT2D eigenvalue weighted by atomic mass is 19.1. The fourth-order valence-electron chi connectivity index (χ4n) is 4.43. The van der Waals surface area contributed by atoms with Crippen LogP contribution in [0.2, 0.25) is 0 Å². The van der Waals surface area contributed by atoms with Gasteiger partial charge in [0.25, 0.3) is 11.7 Å². The number of hydrogen-bond donors (Lipinski definition) is 1. The van der Waals surface area contributed by atoms with E-state index in [-0.39, 0.29) is 11.3 Å².